The molecular formula is C24H31N5O. The fourth-order valence-electron chi connectivity index (χ4n) is 4.14. The van der Waals surface area contributed by atoms with Gasteiger partial charge >= 0.3 is 6.03 Å². The van der Waals surface area contributed by atoms with Gasteiger partial charge < -0.3 is 20.5 Å². The van der Waals surface area contributed by atoms with Crippen LogP contribution in [0.5, 0.6) is 0 Å². The van der Waals surface area contributed by atoms with Crippen molar-refractivity contribution in [2.75, 3.05) is 23.3 Å². The maximum Gasteiger partial charge on any atom is 0.319 e. The lowest BCUT2D eigenvalue weighted by Crippen LogP contribution is -2.36. The zero-order valence-electron chi connectivity index (χ0n) is 17.8. The number of aromatic amines is 1. The number of amides is 2. The Morgan fingerprint density at radius 1 is 1.00 bits per heavy atom. The third-order valence-electron chi connectivity index (χ3n) is 5.75. The van der Waals surface area contributed by atoms with Gasteiger partial charge in [0, 0.05) is 13.1 Å². The number of aromatic nitrogens is 2. The number of carbonyl (C=O) groups excluding carboxylic acids is 1. The molecule has 6 heteroatoms. The third kappa shape index (κ3) is 4.58. The molecule has 30 heavy (non-hydrogen) atoms. The molecule has 0 spiro atoms. The molecule has 2 heterocycles. The third-order valence-corrected chi connectivity index (χ3v) is 5.75. The Bertz CT molecular complexity index is 955. The smallest absolute Gasteiger partial charge is 0.319 e. The highest BCUT2D eigenvalue weighted by atomic mass is 16.2. The quantitative estimate of drug-likeness (QED) is 0.527. The maximum absolute atomic E-state index is 12.9. The first-order chi connectivity index (χ1) is 14.6. The van der Waals surface area contributed by atoms with Crippen molar-refractivity contribution < 1.29 is 4.79 Å². The van der Waals surface area contributed by atoms with Gasteiger partial charge in [0.2, 0.25) is 0 Å². The molecule has 0 saturated carbocycles. The largest absolute Gasteiger partial charge is 0.370 e. The zero-order valence-corrected chi connectivity index (χ0v) is 17.8. The van der Waals surface area contributed by atoms with Gasteiger partial charge in [0.25, 0.3) is 0 Å². The van der Waals surface area contributed by atoms with Gasteiger partial charge in [0.1, 0.15) is 5.82 Å². The number of imidazole rings is 1. The van der Waals surface area contributed by atoms with E-state index in [0.717, 1.165) is 41.3 Å². The highest BCUT2D eigenvalue weighted by molar-refractivity contribution is 5.93. The molecule has 2 aromatic carbocycles. The Hall–Kier alpha value is -3.02. The molecule has 1 unspecified atom stereocenters. The standard InChI is InChI=1S/C24H31N5O/c1-17(2)22(23-25-18-11-5-6-12-19(18)26-23)28-24(30)27-20-13-7-8-14-21(20)29-15-9-3-4-10-16-29/h5-8,11-14,17,22H,3-4,9-10,15-16H2,1-2H3,(H,25,26)(H2,27,28,30). The predicted octanol–water partition coefficient (Wildman–Crippen LogP) is 5.46. The second kappa shape index (κ2) is 9.20. The SMILES string of the molecule is CC(C)C(NC(=O)Nc1ccccc1N1CCCCCC1)c1nc2ccccc2[nH]1. The molecule has 1 saturated heterocycles. The maximum atomic E-state index is 12.9. The summed E-state index contributed by atoms with van der Waals surface area (Å²) in [6.45, 7) is 6.24. The average molecular weight is 406 g/mol. The Balaban J connectivity index is 1.50. The molecule has 1 aliphatic heterocycles. The van der Waals surface area contributed by atoms with Crippen molar-refractivity contribution in [1.29, 1.82) is 0 Å². The number of anilines is 2. The van der Waals surface area contributed by atoms with Crippen molar-refractivity contribution in [3.05, 3.63) is 54.4 Å². The zero-order chi connectivity index (χ0) is 20.9. The van der Waals surface area contributed by atoms with Gasteiger partial charge in [0.15, 0.2) is 0 Å². The summed E-state index contributed by atoms with van der Waals surface area (Å²) in [6, 6.07) is 15.6. The topological polar surface area (TPSA) is 73.1 Å². The molecule has 0 aliphatic carbocycles. The normalized spacial score (nSPS) is 15.8. The van der Waals surface area contributed by atoms with E-state index in [0.29, 0.717) is 0 Å². The number of H-pyrrole nitrogens is 1. The van der Waals surface area contributed by atoms with Gasteiger partial charge in [-0.3, -0.25) is 0 Å². The molecule has 158 valence electrons. The fraction of sp³-hybridized carbons (Fsp3) is 0.417. The summed E-state index contributed by atoms with van der Waals surface area (Å²) >= 11 is 0. The molecule has 3 N–H and O–H groups in total. The van der Waals surface area contributed by atoms with E-state index in [1.807, 2.05) is 42.5 Å². The second-order valence-electron chi connectivity index (χ2n) is 8.38. The Morgan fingerprint density at radius 3 is 2.43 bits per heavy atom. The Kier molecular flexibility index (Phi) is 6.21. The molecule has 4 rings (SSSR count). The molecular weight excluding hydrogens is 374 g/mol. The van der Waals surface area contributed by atoms with E-state index in [-0.39, 0.29) is 18.0 Å². The van der Waals surface area contributed by atoms with E-state index < -0.39 is 0 Å². The summed E-state index contributed by atoms with van der Waals surface area (Å²) in [5, 5.41) is 6.21. The number of carbonyl (C=O) groups is 1. The molecule has 1 atom stereocenters. The molecule has 1 aliphatic rings. The number of benzene rings is 2. The van der Waals surface area contributed by atoms with Gasteiger partial charge in [-0.15, -0.1) is 0 Å². The van der Waals surface area contributed by atoms with Crippen LogP contribution in [0.1, 0.15) is 51.4 Å². The molecule has 2 amide bonds. The van der Waals surface area contributed by atoms with Crippen LogP contribution in [0, 0.1) is 5.92 Å². The van der Waals surface area contributed by atoms with Crippen molar-refractivity contribution >= 4 is 28.4 Å². The summed E-state index contributed by atoms with van der Waals surface area (Å²) in [6.07, 6.45) is 4.95. The Morgan fingerprint density at radius 2 is 1.70 bits per heavy atom. The van der Waals surface area contributed by atoms with Crippen LogP contribution in [0.25, 0.3) is 11.0 Å². The van der Waals surface area contributed by atoms with Crippen molar-refractivity contribution in [2.45, 2.75) is 45.6 Å². The van der Waals surface area contributed by atoms with Gasteiger partial charge in [0.05, 0.1) is 28.5 Å². The van der Waals surface area contributed by atoms with Crippen LogP contribution in [-0.4, -0.2) is 29.1 Å². The van der Waals surface area contributed by atoms with Crippen LogP contribution >= 0.6 is 0 Å². The Labute approximate surface area is 178 Å². The summed E-state index contributed by atoms with van der Waals surface area (Å²) in [5.41, 5.74) is 3.84. The second-order valence-corrected chi connectivity index (χ2v) is 8.38. The number of hydrogen-bond acceptors (Lipinski definition) is 3. The molecule has 0 radical (unpaired) electrons. The molecule has 3 aromatic rings. The first-order valence-electron chi connectivity index (χ1n) is 11.0. The molecule has 1 aromatic heterocycles. The van der Waals surface area contributed by atoms with Crippen molar-refractivity contribution in [3.8, 4) is 0 Å². The summed E-state index contributed by atoms with van der Waals surface area (Å²) in [4.78, 5) is 23.4. The van der Waals surface area contributed by atoms with E-state index in [2.05, 4.69) is 45.4 Å². The van der Waals surface area contributed by atoms with E-state index in [1.54, 1.807) is 0 Å². The molecule has 1 fully saturated rings. The number of para-hydroxylation sites is 4. The van der Waals surface area contributed by atoms with E-state index in [9.17, 15) is 4.79 Å². The van der Waals surface area contributed by atoms with Crippen molar-refractivity contribution in [2.24, 2.45) is 5.92 Å². The van der Waals surface area contributed by atoms with Crippen LogP contribution in [-0.2, 0) is 0 Å². The highest BCUT2D eigenvalue weighted by Gasteiger charge is 2.23. The fourth-order valence-corrected chi connectivity index (χ4v) is 4.14. The summed E-state index contributed by atoms with van der Waals surface area (Å²) in [7, 11) is 0. The van der Waals surface area contributed by atoms with E-state index in [4.69, 9.17) is 0 Å². The minimum absolute atomic E-state index is 0.192. The lowest BCUT2D eigenvalue weighted by Gasteiger charge is -2.26. The number of urea groups is 1. The molecule has 0 bridgehead atoms. The predicted molar refractivity (Wildman–Crippen MR) is 123 cm³/mol. The number of rotatable bonds is 5. The lowest BCUT2D eigenvalue weighted by molar-refractivity contribution is 0.244. The number of fused-ring (bicyclic) bond motifs is 1. The number of nitrogens with one attached hydrogen (secondary N) is 3. The van der Waals surface area contributed by atoms with Crippen molar-refractivity contribution in [1.82, 2.24) is 15.3 Å². The van der Waals surface area contributed by atoms with E-state index >= 15 is 0 Å². The van der Waals surface area contributed by atoms with Gasteiger partial charge in [-0.2, -0.15) is 0 Å². The lowest BCUT2D eigenvalue weighted by atomic mass is 10.0. The first kappa shape index (κ1) is 20.3. The number of hydrogen-bond donors (Lipinski definition) is 3. The summed E-state index contributed by atoms with van der Waals surface area (Å²) < 4.78 is 0. The number of nitrogens with zero attached hydrogens (tertiary/aromatic N) is 2. The van der Waals surface area contributed by atoms with Gasteiger partial charge in [-0.25, -0.2) is 9.78 Å². The average Bonchev–Trinajstić information content (AvgIpc) is 2.98. The van der Waals surface area contributed by atoms with Gasteiger partial charge in [-0.1, -0.05) is 51.0 Å². The molecule has 6 nitrogen and oxygen atoms in total. The van der Waals surface area contributed by atoms with Crippen LogP contribution in [0.15, 0.2) is 48.5 Å². The summed E-state index contributed by atoms with van der Waals surface area (Å²) in [5.74, 6) is 0.972. The van der Waals surface area contributed by atoms with Gasteiger partial charge in [-0.05, 0) is 43.0 Å². The minimum Gasteiger partial charge on any atom is -0.370 e. The van der Waals surface area contributed by atoms with Crippen LogP contribution < -0.4 is 15.5 Å². The van der Waals surface area contributed by atoms with Crippen LogP contribution in [0.4, 0.5) is 16.2 Å². The monoisotopic (exact) mass is 405 g/mol. The van der Waals surface area contributed by atoms with E-state index in [1.165, 1.54) is 25.7 Å². The highest BCUT2D eigenvalue weighted by Crippen LogP contribution is 2.28. The van der Waals surface area contributed by atoms with Crippen molar-refractivity contribution in [3.63, 3.8) is 0 Å². The van der Waals surface area contributed by atoms with Crippen LogP contribution in [0.2, 0.25) is 0 Å². The minimum atomic E-state index is -0.212. The first-order valence-corrected chi connectivity index (χ1v) is 11.0. The van der Waals surface area contributed by atoms with Crippen LogP contribution in [0.3, 0.4) is 0 Å².